The summed E-state index contributed by atoms with van der Waals surface area (Å²) < 4.78 is 28.9. The highest BCUT2D eigenvalue weighted by molar-refractivity contribution is 7.87. The van der Waals surface area contributed by atoms with Gasteiger partial charge in [-0.1, -0.05) is 6.92 Å². The van der Waals surface area contributed by atoms with Gasteiger partial charge in [-0.2, -0.15) is 17.4 Å². The normalized spacial score (nSPS) is 22.8. The molecule has 0 aromatic heterocycles. The standard InChI is InChI=1S/C13H26N2O4S/c1-10-7-6-8-15(9-10)20(18,19)14-13(4,5)12(2,3)11(16)17/h10,14H,6-9H2,1-5H3,(H,16,17). The predicted octanol–water partition coefficient (Wildman–Crippen LogP) is 1.44. The minimum Gasteiger partial charge on any atom is -0.481 e. The van der Waals surface area contributed by atoms with Crippen molar-refractivity contribution in [2.45, 2.75) is 53.0 Å². The summed E-state index contributed by atoms with van der Waals surface area (Å²) in [6, 6.07) is 0. The monoisotopic (exact) mass is 306 g/mol. The SMILES string of the molecule is CC1CCCN(S(=O)(=O)NC(C)(C)C(C)(C)C(=O)O)C1. The Morgan fingerprint density at radius 2 is 1.85 bits per heavy atom. The van der Waals surface area contributed by atoms with Crippen molar-refractivity contribution < 1.29 is 18.3 Å². The van der Waals surface area contributed by atoms with Crippen LogP contribution in [0.3, 0.4) is 0 Å². The lowest BCUT2D eigenvalue weighted by Crippen LogP contribution is -2.60. The molecule has 0 aliphatic carbocycles. The van der Waals surface area contributed by atoms with Crippen LogP contribution in [0.15, 0.2) is 0 Å². The number of nitrogens with one attached hydrogen (secondary N) is 1. The van der Waals surface area contributed by atoms with Crippen LogP contribution in [-0.4, -0.2) is 42.4 Å². The van der Waals surface area contributed by atoms with Crippen molar-refractivity contribution in [3.8, 4) is 0 Å². The molecule has 0 saturated carbocycles. The lowest BCUT2D eigenvalue weighted by atomic mass is 9.75. The van der Waals surface area contributed by atoms with E-state index in [1.54, 1.807) is 13.8 Å². The number of rotatable bonds is 5. The van der Waals surface area contributed by atoms with E-state index in [9.17, 15) is 18.3 Å². The predicted molar refractivity (Wildman–Crippen MR) is 77.5 cm³/mol. The molecule has 1 aliphatic rings. The lowest BCUT2D eigenvalue weighted by molar-refractivity contribution is -0.150. The minimum atomic E-state index is -3.67. The maximum atomic E-state index is 12.4. The minimum absolute atomic E-state index is 0.330. The van der Waals surface area contributed by atoms with Gasteiger partial charge >= 0.3 is 5.97 Å². The Balaban J connectivity index is 2.92. The van der Waals surface area contributed by atoms with Crippen LogP contribution in [0.1, 0.15) is 47.5 Å². The van der Waals surface area contributed by atoms with E-state index in [4.69, 9.17) is 0 Å². The number of carboxylic acids is 1. The van der Waals surface area contributed by atoms with Crippen molar-refractivity contribution >= 4 is 16.2 Å². The average Bonchev–Trinajstić information content (AvgIpc) is 2.27. The number of aliphatic carboxylic acids is 1. The number of hydrogen-bond acceptors (Lipinski definition) is 3. The first-order chi connectivity index (χ1) is 8.90. The Morgan fingerprint density at radius 1 is 1.30 bits per heavy atom. The summed E-state index contributed by atoms with van der Waals surface area (Å²) in [6.45, 7) is 9.25. The summed E-state index contributed by atoms with van der Waals surface area (Å²) in [5.74, 6) is -0.701. The van der Waals surface area contributed by atoms with Gasteiger partial charge in [-0.15, -0.1) is 0 Å². The first-order valence-corrected chi connectivity index (χ1v) is 8.36. The fourth-order valence-electron chi connectivity index (χ4n) is 2.15. The van der Waals surface area contributed by atoms with Crippen molar-refractivity contribution in [3.63, 3.8) is 0 Å². The third-order valence-corrected chi connectivity index (χ3v) is 6.22. The van der Waals surface area contributed by atoms with Crippen molar-refractivity contribution in [1.29, 1.82) is 0 Å². The van der Waals surface area contributed by atoms with Crippen molar-refractivity contribution in [3.05, 3.63) is 0 Å². The maximum Gasteiger partial charge on any atom is 0.310 e. The van der Waals surface area contributed by atoms with Crippen LogP contribution in [0.2, 0.25) is 0 Å². The van der Waals surface area contributed by atoms with E-state index in [0.717, 1.165) is 12.8 Å². The maximum absolute atomic E-state index is 12.4. The summed E-state index contributed by atoms with van der Waals surface area (Å²) >= 11 is 0. The Morgan fingerprint density at radius 3 is 2.30 bits per heavy atom. The molecule has 1 fully saturated rings. The smallest absolute Gasteiger partial charge is 0.310 e. The van der Waals surface area contributed by atoms with E-state index in [2.05, 4.69) is 4.72 Å². The molecular weight excluding hydrogens is 280 g/mol. The first-order valence-electron chi connectivity index (χ1n) is 6.92. The molecule has 1 heterocycles. The van der Waals surface area contributed by atoms with Gasteiger partial charge in [-0.25, -0.2) is 0 Å². The molecule has 1 saturated heterocycles. The summed E-state index contributed by atoms with van der Waals surface area (Å²) in [7, 11) is -3.67. The fourth-order valence-corrected chi connectivity index (χ4v) is 4.00. The molecule has 2 N–H and O–H groups in total. The van der Waals surface area contributed by atoms with Crippen LogP contribution in [0.5, 0.6) is 0 Å². The lowest BCUT2D eigenvalue weighted by Gasteiger charge is -2.40. The third-order valence-electron chi connectivity index (χ3n) is 4.44. The van der Waals surface area contributed by atoms with Crippen molar-refractivity contribution in [1.82, 2.24) is 9.03 Å². The zero-order chi connectivity index (χ0) is 15.8. The molecule has 1 aliphatic heterocycles. The second-order valence-corrected chi connectivity index (χ2v) is 8.44. The molecule has 7 heteroatoms. The zero-order valence-electron chi connectivity index (χ0n) is 12.9. The molecule has 6 nitrogen and oxygen atoms in total. The Labute approximate surface area is 121 Å². The van der Waals surface area contributed by atoms with Gasteiger partial charge in [-0.3, -0.25) is 4.79 Å². The largest absolute Gasteiger partial charge is 0.481 e. The number of carboxylic acid groups (broad SMARTS) is 1. The van der Waals surface area contributed by atoms with E-state index in [0.29, 0.717) is 19.0 Å². The number of carbonyl (C=O) groups is 1. The van der Waals surface area contributed by atoms with Gasteiger partial charge in [0.2, 0.25) is 0 Å². The average molecular weight is 306 g/mol. The van der Waals surface area contributed by atoms with Crippen LogP contribution in [0.25, 0.3) is 0 Å². The second-order valence-electron chi connectivity index (χ2n) is 6.77. The molecule has 0 amide bonds. The first kappa shape index (κ1) is 17.4. The van der Waals surface area contributed by atoms with E-state index in [1.807, 2.05) is 6.92 Å². The molecule has 0 spiro atoms. The zero-order valence-corrected chi connectivity index (χ0v) is 13.7. The van der Waals surface area contributed by atoms with Gasteiger partial charge in [0.15, 0.2) is 0 Å². The molecule has 0 aromatic rings. The second kappa shape index (κ2) is 5.61. The molecule has 1 unspecified atom stereocenters. The van der Waals surface area contributed by atoms with Crippen LogP contribution in [0, 0.1) is 11.3 Å². The summed E-state index contributed by atoms with van der Waals surface area (Å²) in [6.07, 6.45) is 1.86. The van der Waals surface area contributed by atoms with Crippen molar-refractivity contribution in [2.24, 2.45) is 11.3 Å². The molecule has 20 heavy (non-hydrogen) atoms. The van der Waals surface area contributed by atoms with E-state index in [-0.39, 0.29) is 0 Å². The molecule has 118 valence electrons. The summed E-state index contributed by atoms with van der Waals surface area (Å²) in [5, 5.41) is 9.28. The van der Waals surface area contributed by atoms with Gasteiger partial charge < -0.3 is 5.11 Å². The fraction of sp³-hybridized carbons (Fsp3) is 0.923. The van der Waals surface area contributed by atoms with Crippen LogP contribution in [-0.2, 0) is 15.0 Å². The summed E-state index contributed by atoms with van der Waals surface area (Å²) in [4.78, 5) is 11.3. The number of hydrogen-bond donors (Lipinski definition) is 2. The van der Waals surface area contributed by atoms with Gasteiger partial charge in [0.05, 0.1) is 5.41 Å². The Hall–Kier alpha value is -0.660. The van der Waals surface area contributed by atoms with E-state index < -0.39 is 27.1 Å². The molecular formula is C13H26N2O4S. The van der Waals surface area contributed by atoms with E-state index in [1.165, 1.54) is 18.2 Å². The molecule has 1 atom stereocenters. The van der Waals surface area contributed by atoms with Gasteiger partial charge in [-0.05, 0) is 46.5 Å². The summed E-state index contributed by atoms with van der Waals surface area (Å²) in [5.41, 5.74) is -2.29. The highest BCUT2D eigenvalue weighted by Gasteiger charge is 2.46. The van der Waals surface area contributed by atoms with Gasteiger partial charge in [0.25, 0.3) is 10.2 Å². The topological polar surface area (TPSA) is 86.7 Å². The molecule has 0 bridgehead atoms. The van der Waals surface area contributed by atoms with Crippen LogP contribution >= 0.6 is 0 Å². The molecule has 0 radical (unpaired) electrons. The number of piperidine rings is 1. The Bertz CT molecular complexity index is 471. The highest BCUT2D eigenvalue weighted by Crippen LogP contribution is 2.32. The Kier molecular flexibility index (Phi) is 4.88. The molecule has 0 aromatic carbocycles. The van der Waals surface area contributed by atoms with Gasteiger partial charge in [0, 0.05) is 18.6 Å². The third kappa shape index (κ3) is 3.51. The van der Waals surface area contributed by atoms with Gasteiger partial charge in [0.1, 0.15) is 0 Å². The molecule has 1 rings (SSSR count). The van der Waals surface area contributed by atoms with Crippen molar-refractivity contribution in [2.75, 3.05) is 13.1 Å². The quantitative estimate of drug-likeness (QED) is 0.804. The van der Waals surface area contributed by atoms with Crippen LogP contribution < -0.4 is 4.72 Å². The van der Waals surface area contributed by atoms with Crippen LogP contribution in [0.4, 0.5) is 0 Å². The van der Waals surface area contributed by atoms with E-state index >= 15 is 0 Å². The highest BCUT2D eigenvalue weighted by atomic mass is 32.2. The number of nitrogens with zero attached hydrogens (tertiary/aromatic N) is 1.